The Labute approximate surface area is 385 Å². The molecule has 0 bridgehead atoms. The van der Waals surface area contributed by atoms with Crippen molar-refractivity contribution in [3.63, 3.8) is 0 Å². The number of rotatable bonds is 8. The van der Waals surface area contributed by atoms with Gasteiger partial charge in [0.05, 0.1) is 22.2 Å². The minimum absolute atomic E-state index is 0.767. The number of fused-ring (bicyclic) bond motifs is 3. The summed E-state index contributed by atoms with van der Waals surface area (Å²) in [6.07, 6.45) is 16.6. The van der Waals surface area contributed by atoms with E-state index in [9.17, 15) is 0 Å². The molecule has 0 fully saturated rings. The standard InChI is InChI=1S/C62H46N4/c1-3-13-41(14-4-1)49-19-7-21-51(37-49)53-39-56(52-22-8-20-50(38-52)42-15-5-2-6-16-42)61-57(40-53)60(47-31-27-43(28-32-47)54-25-9-17-45-23-11-35-63-58(45)54)65-62(66-61)48-33-29-44(30-34-48)55-26-10-18-46-24-12-36-64-59(46)55/h1-9,12-22,24-25,27-29,31-33,35-40H,10-11,23,26,30,34H2. The van der Waals surface area contributed by atoms with Crippen LogP contribution in [0, 0.1) is 0 Å². The molecule has 0 unspecified atom stereocenters. The van der Waals surface area contributed by atoms with Gasteiger partial charge >= 0.3 is 0 Å². The third-order valence-corrected chi connectivity index (χ3v) is 13.4. The molecule has 3 aliphatic rings. The van der Waals surface area contributed by atoms with Crippen molar-refractivity contribution in [2.24, 2.45) is 4.99 Å². The number of aliphatic imine (C=N–C) groups is 1. The summed E-state index contributed by atoms with van der Waals surface area (Å²) in [6.45, 7) is 0. The first kappa shape index (κ1) is 39.5. The van der Waals surface area contributed by atoms with Gasteiger partial charge in [-0.25, -0.2) is 9.97 Å². The highest BCUT2D eigenvalue weighted by molar-refractivity contribution is 6.05. The van der Waals surface area contributed by atoms with E-state index in [0.717, 1.165) is 122 Å². The number of hydrogen-bond acceptors (Lipinski definition) is 4. The van der Waals surface area contributed by atoms with Crippen molar-refractivity contribution in [3.8, 4) is 66.9 Å². The molecule has 2 aromatic heterocycles. The van der Waals surface area contributed by atoms with Crippen LogP contribution in [0.4, 0.5) is 5.69 Å². The summed E-state index contributed by atoms with van der Waals surface area (Å²) in [7, 11) is 0. The molecule has 3 heterocycles. The van der Waals surface area contributed by atoms with Crippen LogP contribution >= 0.6 is 0 Å². The molecule has 1 aliphatic heterocycles. The van der Waals surface area contributed by atoms with Gasteiger partial charge in [-0.1, -0.05) is 164 Å². The van der Waals surface area contributed by atoms with Crippen LogP contribution in [0.25, 0.3) is 95.0 Å². The fraction of sp³-hybridized carbons (Fsp3) is 0.0968. The quantitative estimate of drug-likeness (QED) is 0.153. The van der Waals surface area contributed by atoms with E-state index in [1.807, 2.05) is 12.3 Å². The Kier molecular flexibility index (Phi) is 10.3. The number of hydrogen-bond donors (Lipinski definition) is 0. The molecule has 9 aromatic rings. The van der Waals surface area contributed by atoms with Crippen LogP contribution in [0.5, 0.6) is 0 Å². The zero-order valence-corrected chi connectivity index (χ0v) is 36.7. The van der Waals surface area contributed by atoms with Gasteiger partial charge in [0.1, 0.15) is 0 Å². The first-order chi connectivity index (χ1) is 32.7. The van der Waals surface area contributed by atoms with E-state index in [1.165, 1.54) is 38.6 Å². The van der Waals surface area contributed by atoms with Gasteiger partial charge in [0.15, 0.2) is 5.82 Å². The molecule has 314 valence electrons. The van der Waals surface area contributed by atoms with Gasteiger partial charge in [-0.15, -0.1) is 0 Å². The molecule has 0 atom stereocenters. The summed E-state index contributed by atoms with van der Waals surface area (Å²) in [6, 6.07) is 63.4. The molecule has 4 heteroatoms. The van der Waals surface area contributed by atoms with Gasteiger partial charge in [-0.3, -0.25) is 9.98 Å². The lowest BCUT2D eigenvalue weighted by Crippen LogP contribution is -2.32. The minimum Gasteiger partial charge on any atom is -0.260 e. The first-order valence-electron chi connectivity index (χ1n) is 23.2. The maximum Gasteiger partial charge on any atom is 0.156 e. The topological polar surface area (TPSA) is 51.0 Å². The highest BCUT2D eigenvalue weighted by atomic mass is 14.9. The highest BCUT2D eigenvalue weighted by Gasteiger charge is 2.22. The monoisotopic (exact) mass is 846 g/mol. The lowest BCUT2D eigenvalue weighted by Gasteiger charge is -2.20. The van der Waals surface area contributed by atoms with Crippen LogP contribution in [-0.2, 0) is 6.42 Å². The molecule has 4 nitrogen and oxygen atoms in total. The Morgan fingerprint density at radius 1 is 0.424 bits per heavy atom. The smallest absolute Gasteiger partial charge is 0.156 e. The molecule has 0 saturated carbocycles. The lowest BCUT2D eigenvalue weighted by molar-refractivity contribution is 0.946. The van der Waals surface area contributed by atoms with E-state index < -0.39 is 0 Å². The fourth-order valence-electron chi connectivity index (χ4n) is 10.1. The highest BCUT2D eigenvalue weighted by Crippen LogP contribution is 2.42. The van der Waals surface area contributed by atoms with Crippen LogP contribution in [-0.4, -0.2) is 21.2 Å². The van der Waals surface area contributed by atoms with Gasteiger partial charge in [0.25, 0.3) is 0 Å². The average Bonchev–Trinajstić information content (AvgIpc) is 3.40. The van der Waals surface area contributed by atoms with Gasteiger partial charge in [0, 0.05) is 34.5 Å². The second kappa shape index (κ2) is 17.1. The van der Waals surface area contributed by atoms with Crippen LogP contribution in [0.15, 0.2) is 205 Å². The third kappa shape index (κ3) is 7.50. The summed E-state index contributed by atoms with van der Waals surface area (Å²) in [5.41, 5.74) is 20.6. The second-order valence-electron chi connectivity index (χ2n) is 17.5. The van der Waals surface area contributed by atoms with E-state index in [-0.39, 0.29) is 0 Å². The molecule has 7 aromatic carbocycles. The molecule has 0 saturated heterocycles. The van der Waals surface area contributed by atoms with Crippen molar-refractivity contribution in [1.29, 1.82) is 0 Å². The van der Waals surface area contributed by atoms with E-state index >= 15 is 0 Å². The predicted molar refractivity (Wildman–Crippen MR) is 275 cm³/mol. The molecule has 0 amide bonds. The fourth-order valence-corrected chi connectivity index (χ4v) is 10.1. The van der Waals surface area contributed by atoms with E-state index in [1.54, 1.807) is 0 Å². The molecular formula is C62H46N4. The molecule has 0 spiro atoms. The number of pyridine rings is 1. The summed E-state index contributed by atoms with van der Waals surface area (Å²) < 4.78 is 0. The van der Waals surface area contributed by atoms with Crippen molar-refractivity contribution in [2.45, 2.75) is 38.5 Å². The molecular weight excluding hydrogens is 801 g/mol. The number of allylic oxidation sites excluding steroid dienone is 4. The Hall–Kier alpha value is -8.08. The molecule has 0 N–H and O–H groups in total. The van der Waals surface area contributed by atoms with Crippen molar-refractivity contribution >= 4 is 40.0 Å². The Morgan fingerprint density at radius 3 is 1.85 bits per heavy atom. The number of aromatic nitrogens is 3. The van der Waals surface area contributed by atoms with Gasteiger partial charge < -0.3 is 0 Å². The van der Waals surface area contributed by atoms with Crippen LogP contribution in [0.1, 0.15) is 43.5 Å². The van der Waals surface area contributed by atoms with Crippen molar-refractivity contribution in [2.75, 3.05) is 0 Å². The van der Waals surface area contributed by atoms with Crippen LogP contribution in [0.3, 0.4) is 0 Å². The lowest BCUT2D eigenvalue weighted by atomic mass is 9.88. The number of benzene rings is 7. The SMILES string of the molecule is C1=Nc2c(cccc2-c2ccc(-c3nc(C4=CC=C(C5=c6ncccc6=CCC5)CC4)nc4c(-c5cccc(-c6ccccc6)c5)cc(-c5cccc(-c6ccccc6)c5)cc34)cc2)CC1. The summed E-state index contributed by atoms with van der Waals surface area (Å²) >= 11 is 0. The number of nitrogens with zero attached hydrogens (tertiary/aromatic N) is 4. The second-order valence-corrected chi connectivity index (χ2v) is 17.5. The summed E-state index contributed by atoms with van der Waals surface area (Å²) in [5, 5.41) is 3.37. The van der Waals surface area contributed by atoms with Gasteiger partial charge in [-0.2, -0.15) is 0 Å². The Balaban J connectivity index is 1.07. The summed E-state index contributed by atoms with van der Waals surface area (Å²) in [5.74, 6) is 0.767. The van der Waals surface area contributed by atoms with E-state index in [4.69, 9.17) is 19.9 Å². The maximum absolute atomic E-state index is 5.60. The van der Waals surface area contributed by atoms with E-state index in [0.29, 0.717) is 0 Å². The number of aryl methyl sites for hydroxylation is 1. The third-order valence-electron chi connectivity index (χ3n) is 13.4. The number of para-hydroxylation sites is 1. The van der Waals surface area contributed by atoms with Crippen molar-refractivity contribution in [1.82, 2.24) is 15.0 Å². The average molecular weight is 847 g/mol. The van der Waals surface area contributed by atoms with Crippen LogP contribution in [0.2, 0.25) is 0 Å². The Morgan fingerprint density at radius 2 is 1.09 bits per heavy atom. The van der Waals surface area contributed by atoms with Gasteiger partial charge in [-0.05, 0) is 141 Å². The van der Waals surface area contributed by atoms with Crippen LogP contribution < -0.4 is 10.6 Å². The summed E-state index contributed by atoms with van der Waals surface area (Å²) in [4.78, 5) is 20.9. The Bertz CT molecular complexity index is 3560. The molecule has 0 radical (unpaired) electrons. The first-order valence-corrected chi connectivity index (χ1v) is 23.2. The van der Waals surface area contributed by atoms with Crippen molar-refractivity contribution in [3.05, 3.63) is 222 Å². The normalized spacial score (nSPS) is 14.2. The maximum atomic E-state index is 5.60. The van der Waals surface area contributed by atoms with E-state index in [2.05, 4.69) is 194 Å². The van der Waals surface area contributed by atoms with Crippen molar-refractivity contribution < 1.29 is 0 Å². The largest absolute Gasteiger partial charge is 0.260 e. The molecule has 2 aliphatic carbocycles. The predicted octanol–water partition coefficient (Wildman–Crippen LogP) is 14.2. The molecule has 12 rings (SSSR count). The zero-order chi connectivity index (χ0) is 43.8. The minimum atomic E-state index is 0.767. The molecule has 66 heavy (non-hydrogen) atoms. The zero-order valence-electron chi connectivity index (χ0n) is 36.7. The van der Waals surface area contributed by atoms with Gasteiger partial charge in [0.2, 0.25) is 0 Å².